The highest BCUT2D eigenvalue weighted by Crippen LogP contribution is 2.25. The van der Waals surface area contributed by atoms with Crippen molar-refractivity contribution in [2.24, 2.45) is 5.73 Å². The standard InChI is InChI=1S/C15H22N2O2/c1-11-15(2,7-8-19-11)17-14(18)9-12-5-3-4-6-13(12)10-16/h3-6,11H,7-10,16H2,1-2H3,(H,17,18). The van der Waals surface area contributed by atoms with Crippen molar-refractivity contribution in [3.63, 3.8) is 0 Å². The molecule has 2 atom stereocenters. The first kappa shape index (κ1) is 14.0. The molecule has 0 radical (unpaired) electrons. The summed E-state index contributed by atoms with van der Waals surface area (Å²) in [4.78, 5) is 12.2. The van der Waals surface area contributed by atoms with Crippen LogP contribution < -0.4 is 11.1 Å². The van der Waals surface area contributed by atoms with Gasteiger partial charge in [-0.05, 0) is 31.4 Å². The van der Waals surface area contributed by atoms with Crippen molar-refractivity contribution in [1.29, 1.82) is 0 Å². The monoisotopic (exact) mass is 262 g/mol. The number of amides is 1. The number of carbonyl (C=O) groups excluding carboxylic acids is 1. The lowest BCUT2D eigenvalue weighted by Gasteiger charge is -2.29. The zero-order valence-corrected chi connectivity index (χ0v) is 11.6. The van der Waals surface area contributed by atoms with Gasteiger partial charge < -0.3 is 15.8 Å². The van der Waals surface area contributed by atoms with Gasteiger partial charge in [0.25, 0.3) is 0 Å². The normalized spacial score (nSPS) is 26.4. The van der Waals surface area contributed by atoms with Gasteiger partial charge in [0.2, 0.25) is 5.91 Å². The number of hydrogen-bond donors (Lipinski definition) is 2. The van der Waals surface area contributed by atoms with E-state index in [-0.39, 0.29) is 17.6 Å². The van der Waals surface area contributed by atoms with Crippen LogP contribution in [0.1, 0.15) is 31.4 Å². The molecule has 0 bridgehead atoms. The van der Waals surface area contributed by atoms with E-state index >= 15 is 0 Å². The minimum Gasteiger partial charge on any atom is -0.376 e. The Labute approximate surface area is 114 Å². The van der Waals surface area contributed by atoms with Crippen LogP contribution in [-0.4, -0.2) is 24.2 Å². The number of nitrogens with two attached hydrogens (primary N) is 1. The minimum absolute atomic E-state index is 0.0285. The number of hydrogen-bond acceptors (Lipinski definition) is 3. The first-order valence-corrected chi connectivity index (χ1v) is 6.74. The van der Waals surface area contributed by atoms with Crippen LogP contribution in [0.2, 0.25) is 0 Å². The Hall–Kier alpha value is -1.39. The van der Waals surface area contributed by atoms with Crippen LogP contribution in [0.4, 0.5) is 0 Å². The molecule has 1 aliphatic heterocycles. The summed E-state index contributed by atoms with van der Waals surface area (Å²) in [5, 5.41) is 3.10. The maximum Gasteiger partial charge on any atom is 0.224 e. The number of carbonyl (C=O) groups is 1. The van der Waals surface area contributed by atoms with Gasteiger partial charge in [-0.3, -0.25) is 4.79 Å². The molecule has 2 unspecified atom stereocenters. The van der Waals surface area contributed by atoms with E-state index < -0.39 is 0 Å². The quantitative estimate of drug-likeness (QED) is 0.861. The second-order valence-electron chi connectivity index (χ2n) is 5.38. The Morgan fingerprint density at radius 2 is 2.16 bits per heavy atom. The molecule has 1 heterocycles. The van der Waals surface area contributed by atoms with Gasteiger partial charge in [-0.2, -0.15) is 0 Å². The highest BCUT2D eigenvalue weighted by atomic mass is 16.5. The maximum absolute atomic E-state index is 12.2. The molecular weight excluding hydrogens is 240 g/mol. The predicted molar refractivity (Wildman–Crippen MR) is 74.6 cm³/mol. The molecule has 4 heteroatoms. The van der Waals surface area contributed by atoms with E-state index in [9.17, 15) is 4.79 Å². The smallest absolute Gasteiger partial charge is 0.224 e. The second kappa shape index (κ2) is 5.72. The summed E-state index contributed by atoms with van der Waals surface area (Å²) < 4.78 is 5.53. The summed E-state index contributed by atoms with van der Waals surface area (Å²) in [6.45, 7) is 5.20. The summed E-state index contributed by atoms with van der Waals surface area (Å²) in [6.07, 6.45) is 1.29. The number of rotatable bonds is 4. The summed E-state index contributed by atoms with van der Waals surface area (Å²) in [7, 11) is 0. The molecule has 0 spiro atoms. The van der Waals surface area contributed by atoms with Crippen LogP contribution in [0, 0.1) is 0 Å². The van der Waals surface area contributed by atoms with Crippen LogP contribution in [-0.2, 0) is 22.5 Å². The van der Waals surface area contributed by atoms with Crippen LogP contribution >= 0.6 is 0 Å². The van der Waals surface area contributed by atoms with E-state index in [4.69, 9.17) is 10.5 Å². The van der Waals surface area contributed by atoms with Crippen molar-refractivity contribution in [1.82, 2.24) is 5.32 Å². The number of benzene rings is 1. The average molecular weight is 262 g/mol. The lowest BCUT2D eigenvalue weighted by atomic mass is 9.94. The minimum atomic E-state index is -0.255. The van der Waals surface area contributed by atoms with Gasteiger partial charge in [-0.25, -0.2) is 0 Å². The van der Waals surface area contributed by atoms with E-state index in [0.717, 1.165) is 17.5 Å². The summed E-state index contributed by atoms with van der Waals surface area (Å²) in [5.41, 5.74) is 7.46. The average Bonchev–Trinajstić information content (AvgIpc) is 2.69. The molecule has 1 aromatic rings. The SMILES string of the molecule is CC1OCCC1(C)NC(=O)Cc1ccccc1CN. The summed E-state index contributed by atoms with van der Waals surface area (Å²) in [5.74, 6) is 0.0285. The van der Waals surface area contributed by atoms with Gasteiger partial charge in [0, 0.05) is 13.2 Å². The summed E-state index contributed by atoms with van der Waals surface area (Å²) >= 11 is 0. The van der Waals surface area contributed by atoms with E-state index in [0.29, 0.717) is 19.6 Å². The summed E-state index contributed by atoms with van der Waals surface area (Å²) in [6, 6.07) is 7.80. The molecule has 1 saturated heterocycles. The maximum atomic E-state index is 12.2. The molecule has 0 saturated carbocycles. The van der Waals surface area contributed by atoms with Crippen molar-refractivity contribution in [2.45, 2.75) is 44.9 Å². The molecule has 1 amide bonds. The Morgan fingerprint density at radius 1 is 1.47 bits per heavy atom. The van der Waals surface area contributed by atoms with Crippen molar-refractivity contribution < 1.29 is 9.53 Å². The van der Waals surface area contributed by atoms with Gasteiger partial charge in [0.05, 0.1) is 18.1 Å². The fraction of sp³-hybridized carbons (Fsp3) is 0.533. The highest BCUT2D eigenvalue weighted by Gasteiger charge is 2.38. The lowest BCUT2D eigenvalue weighted by molar-refractivity contribution is -0.122. The van der Waals surface area contributed by atoms with Crippen molar-refractivity contribution in [3.8, 4) is 0 Å². The molecule has 1 aromatic carbocycles. The molecule has 2 rings (SSSR count). The Bertz CT molecular complexity index is 461. The zero-order chi connectivity index (χ0) is 13.9. The van der Waals surface area contributed by atoms with Crippen LogP contribution in [0.3, 0.4) is 0 Å². The topological polar surface area (TPSA) is 64.3 Å². The third kappa shape index (κ3) is 3.14. The van der Waals surface area contributed by atoms with Crippen molar-refractivity contribution in [2.75, 3.05) is 6.61 Å². The van der Waals surface area contributed by atoms with Crippen LogP contribution in [0.5, 0.6) is 0 Å². The van der Waals surface area contributed by atoms with E-state index in [2.05, 4.69) is 5.32 Å². The van der Waals surface area contributed by atoms with E-state index in [1.54, 1.807) is 0 Å². The van der Waals surface area contributed by atoms with Gasteiger partial charge >= 0.3 is 0 Å². The molecule has 19 heavy (non-hydrogen) atoms. The van der Waals surface area contributed by atoms with Crippen LogP contribution in [0.25, 0.3) is 0 Å². The third-order valence-electron chi connectivity index (χ3n) is 4.00. The molecule has 104 valence electrons. The predicted octanol–water partition coefficient (Wildman–Crippen LogP) is 1.37. The van der Waals surface area contributed by atoms with Crippen LogP contribution in [0.15, 0.2) is 24.3 Å². The largest absolute Gasteiger partial charge is 0.376 e. The van der Waals surface area contributed by atoms with Gasteiger partial charge in [-0.15, -0.1) is 0 Å². The fourth-order valence-electron chi connectivity index (χ4n) is 2.46. The van der Waals surface area contributed by atoms with Gasteiger partial charge in [0.15, 0.2) is 0 Å². The second-order valence-corrected chi connectivity index (χ2v) is 5.38. The molecule has 1 aliphatic rings. The molecule has 3 N–H and O–H groups in total. The molecule has 1 fully saturated rings. The molecule has 0 aromatic heterocycles. The number of nitrogens with one attached hydrogen (secondary N) is 1. The zero-order valence-electron chi connectivity index (χ0n) is 11.6. The number of ether oxygens (including phenoxy) is 1. The first-order valence-electron chi connectivity index (χ1n) is 6.74. The molecule has 0 aliphatic carbocycles. The Kier molecular flexibility index (Phi) is 4.22. The van der Waals surface area contributed by atoms with Crippen molar-refractivity contribution >= 4 is 5.91 Å². The molecule has 4 nitrogen and oxygen atoms in total. The highest BCUT2D eigenvalue weighted by molar-refractivity contribution is 5.79. The van der Waals surface area contributed by atoms with Gasteiger partial charge in [0.1, 0.15) is 0 Å². The fourth-order valence-corrected chi connectivity index (χ4v) is 2.46. The Morgan fingerprint density at radius 3 is 2.74 bits per heavy atom. The van der Waals surface area contributed by atoms with Crippen molar-refractivity contribution in [3.05, 3.63) is 35.4 Å². The van der Waals surface area contributed by atoms with E-state index in [1.165, 1.54) is 0 Å². The molecular formula is C15H22N2O2. The first-order chi connectivity index (χ1) is 9.05. The lowest BCUT2D eigenvalue weighted by Crippen LogP contribution is -2.51. The van der Waals surface area contributed by atoms with Gasteiger partial charge in [-0.1, -0.05) is 24.3 Å². The van der Waals surface area contributed by atoms with E-state index in [1.807, 2.05) is 38.1 Å². The Balaban J connectivity index is 2.01. The third-order valence-corrected chi connectivity index (χ3v) is 4.00.